The molecule has 0 fully saturated rings. The van der Waals surface area contributed by atoms with Crippen molar-refractivity contribution in [3.63, 3.8) is 0 Å². The molecular weight excluding hydrogens is 378 g/mol. The number of aromatic nitrogens is 2. The summed E-state index contributed by atoms with van der Waals surface area (Å²) in [5.41, 5.74) is 5.32. The summed E-state index contributed by atoms with van der Waals surface area (Å²) in [5.74, 6) is -0.167. The van der Waals surface area contributed by atoms with Crippen molar-refractivity contribution in [1.29, 1.82) is 0 Å². The van der Waals surface area contributed by atoms with Gasteiger partial charge in [0.15, 0.2) is 0 Å². The van der Waals surface area contributed by atoms with E-state index in [1.807, 2.05) is 74.0 Å². The van der Waals surface area contributed by atoms with E-state index in [1.54, 1.807) is 6.20 Å². The van der Waals surface area contributed by atoms with E-state index >= 15 is 0 Å². The van der Waals surface area contributed by atoms with Gasteiger partial charge in [-0.3, -0.25) is 4.79 Å². The summed E-state index contributed by atoms with van der Waals surface area (Å²) in [6.07, 6.45) is 2.33. The SMILES string of the molecule is CCOCCOCc1cccc(NC(=O)c2cnn(-c3ccc(C)cc3)c2CC)c1. The molecule has 0 aliphatic rings. The molecule has 0 radical (unpaired) electrons. The number of hydrogen-bond acceptors (Lipinski definition) is 4. The third kappa shape index (κ3) is 5.55. The largest absolute Gasteiger partial charge is 0.379 e. The third-order valence-electron chi connectivity index (χ3n) is 4.76. The lowest BCUT2D eigenvalue weighted by molar-refractivity contribution is 0.0453. The topological polar surface area (TPSA) is 65.4 Å². The number of amides is 1. The number of carbonyl (C=O) groups is 1. The van der Waals surface area contributed by atoms with Crippen molar-refractivity contribution < 1.29 is 14.3 Å². The highest BCUT2D eigenvalue weighted by molar-refractivity contribution is 6.05. The predicted molar refractivity (Wildman–Crippen MR) is 118 cm³/mol. The molecule has 1 aromatic heterocycles. The molecule has 30 heavy (non-hydrogen) atoms. The fraction of sp³-hybridized carbons (Fsp3) is 0.333. The summed E-state index contributed by atoms with van der Waals surface area (Å²) in [6.45, 7) is 8.32. The molecular formula is C24H29N3O3. The Balaban J connectivity index is 1.69. The van der Waals surface area contributed by atoms with E-state index in [9.17, 15) is 4.79 Å². The van der Waals surface area contributed by atoms with Gasteiger partial charge < -0.3 is 14.8 Å². The van der Waals surface area contributed by atoms with E-state index in [2.05, 4.69) is 10.4 Å². The molecule has 1 amide bonds. The molecule has 1 heterocycles. The van der Waals surface area contributed by atoms with Crippen LogP contribution in [0.3, 0.4) is 0 Å². The van der Waals surface area contributed by atoms with Crippen molar-refractivity contribution in [2.24, 2.45) is 0 Å². The van der Waals surface area contributed by atoms with Gasteiger partial charge in [0, 0.05) is 12.3 Å². The molecule has 0 unspecified atom stereocenters. The van der Waals surface area contributed by atoms with Crippen molar-refractivity contribution in [3.8, 4) is 5.69 Å². The molecule has 0 bridgehead atoms. The Hall–Kier alpha value is -2.96. The van der Waals surface area contributed by atoms with Crippen LogP contribution < -0.4 is 5.32 Å². The van der Waals surface area contributed by atoms with E-state index in [4.69, 9.17) is 9.47 Å². The average molecular weight is 408 g/mol. The maximum atomic E-state index is 12.9. The van der Waals surface area contributed by atoms with Gasteiger partial charge in [0.2, 0.25) is 0 Å². The Bertz CT molecular complexity index is 964. The number of hydrogen-bond donors (Lipinski definition) is 1. The lowest BCUT2D eigenvalue weighted by Gasteiger charge is -2.10. The number of ether oxygens (including phenoxy) is 2. The summed E-state index contributed by atoms with van der Waals surface area (Å²) in [4.78, 5) is 12.9. The molecule has 3 aromatic rings. The number of nitrogens with one attached hydrogen (secondary N) is 1. The molecule has 0 saturated carbocycles. The maximum Gasteiger partial charge on any atom is 0.259 e. The van der Waals surface area contributed by atoms with Crippen molar-refractivity contribution in [1.82, 2.24) is 9.78 Å². The summed E-state index contributed by atoms with van der Waals surface area (Å²) in [7, 11) is 0. The van der Waals surface area contributed by atoms with E-state index in [-0.39, 0.29) is 5.91 Å². The Morgan fingerprint density at radius 2 is 1.83 bits per heavy atom. The lowest BCUT2D eigenvalue weighted by Crippen LogP contribution is -2.14. The number of nitrogens with zero attached hydrogens (tertiary/aromatic N) is 2. The molecule has 6 heteroatoms. The fourth-order valence-corrected chi connectivity index (χ4v) is 3.20. The Kier molecular flexibility index (Phi) is 7.76. The zero-order valence-corrected chi connectivity index (χ0v) is 17.9. The van der Waals surface area contributed by atoms with Crippen LogP contribution in [0.5, 0.6) is 0 Å². The molecule has 1 N–H and O–H groups in total. The van der Waals surface area contributed by atoms with Crippen molar-refractivity contribution in [2.75, 3.05) is 25.1 Å². The normalized spacial score (nSPS) is 10.9. The molecule has 0 aliphatic carbocycles. The molecule has 2 aromatic carbocycles. The van der Waals surface area contributed by atoms with Crippen LogP contribution in [0, 0.1) is 6.92 Å². The molecule has 0 atom stereocenters. The second-order valence-corrected chi connectivity index (χ2v) is 7.01. The van der Waals surface area contributed by atoms with Crippen molar-refractivity contribution in [3.05, 3.63) is 77.1 Å². The minimum atomic E-state index is -0.167. The molecule has 0 aliphatic heterocycles. The lowest BCUT2D eigenvalue weighted by atomic mass is 10.1. The first kappa shape index (κ1) is 21.7. The Labute approximate surface area is 177 Å². The second-order valence-electron chi connectivity index (χ2n) is 7.01. The molecule has 3 rings (SSSR count). The van der Waals surface area contributed by atoms with Gasteiger partial charge in [-0.05, 0) is 50.1 Å². The molecule has 0 spiro atoms. The average Bonchev–Trinajstić information content (AvgIpc) is 3.19. The standard InChI is InChI=1S/C24H29N3O3/c1-4-23-22(16-25-27(23)21-11-9-18(3)10-12-21)24(28)26-20-8-6-7-19(15-20)17-30-14-13-29-5-2/h6-12,15-16H,4-5,13-14,17H2,1-3H3,(H,26,28). The van der Waals surface area contributed by atoms with Gasteiger partial charge in [-0.15, -0.1) is 0 Å². The number of benzene rings is 2. The highest BCUT2D eigenvalue weighted by Gasteiger charge is 2.17. The van der Waals surface area contributed by atoms with Gasteiger partial charge in [-0.1, -0.05) is 36.8 Å². The first-order chi connectivity index (χ1) is 14.6. The summed E-state index contributed by atoms with van der Waals surface area (Å²) < 4.78 is 12.7. The third-order valence-corrected chi connectivity index (χ3v) is 4.76. The Morgan fingerprint density at radius 3 is 2.57 bits per heavy atom. The highest BCUT2D eigenvalue weighted by atomic mass is 16.5. The van der Waals surface area contributed by atoms with Crippen LogP contribution in [0.1, 0.15) is 41.0 Å². The van der Waals surface area contributed by atoms with Gasteiger partial charge >= 0.3 is 0 Å². The van der Waals surface area contributed by atoms with Crippen LogP contribution >= 0.6 is 0 Å². The van der Waals surface area contributed by atoms with E-state index in [0.717, 1.165) is 22.6 Å². The van der Waals surface area contributed by atoms with E-state index in [1.165, 1.54) is 5.56 Å². The van der Waals surface area contributed by atoms with Crippen LogP contribution in [-0.2, 0) is 22.5 Å². The van der Waals surface area contributed by atoms with Crippen molar-refractivity contribution in [2.45, 2.75) is 33.8 Å². The number of rotatable bonds is 10. The first-order valence-corrected chi connectivity index (χ1v) is 10.3. The number of carbonyl (C=O) groups excluding carboxylic acids is 1. The number of anilines is 1. The van der Waals surface area contributed by atoms with Crippen LogP contribution in [0.15, 0.2) is 54.7 Å². The van der Waals surface area contributed by atoms with Crippen LogP contribution in [0.2, 0.25) is 0 Å². The van der Waals surface area contributed by atoms with E-state index < -0.39 is 0 Å². The summed E-state index contributed by atoms with van der Waals surface area (Å²) in [5, 5.41) is 7.44. The van der Waals surface area contributed by atoms with Crippen LogP contribution in [0.4, 0.5) is 5.69 Å². The first-order valence-electron chi connectivity index (χ1n) is 10.3. The monoisotopic (exact) mass is 407 g/mol. The van der Waals surface area contributed by atoms with E-state index in [0.29, 0.717) is 38.4 Å². The zero-order valence-electron chi connectivity index (χ0n) is 17.9. The van der Waals surface area contributed by atoms with Crippen LogP contribution in [0.25, 0.3) is 5.69 Å². The highest BCUT2D eigenvalue weighted by Crippen LogP contribution is 2.19. The minimum Gasteiger partial charge on any atom is -0.379 e. The molecule has 6 nitrogen and oxygen atoms in total. The maximum absolute atomic E-state index is 12.9. The van der Waals surface area contributed by atoms with Crippen LogP contribution in [-0.4, -0.2) is 35.5 Å². The Morgan fingerprint density at radius 1 is 1.07 bits per heavy atom. The van der Waals surface area contributed by atoms with Gasteiger partial charge in [-0.2, -0.15) is 5.10 Å². The quantitative estimate of drug-likeness (QED) is 0.501. The zero-order chi connectivity index (χ0) is 21.3. The minimum absolute atomic E-state index is 0.167. The molecule has 158 valence electrons. The number of aryl methyl sites for hydroxylation is 1. The summed E-state index contributed by atoms with van der Waals surface area (Å²) in [6, 6.07) is 15.8. The van der Waals surface area contributed by atoms with Gasteiger partial charge in [0.1, 0.15) is 0 Å². The summed E-state index contributed by atoms with van der Waals surface area (Å²) >= 11 is 0. The van der Waals surface area contributed by atoms with Crippen molar-refractivity contribution >= 4 is 11.6 Å². The molecule has 0 saturated heterocycles. The van der Waals surface area contributed by atoms with Gasteiger partial charge in [0.25, 0.3) is 5.91 Å². The second kappa shape index (κ2) is 10.7. The van der Waals surface area contributed by atoms with Gasteiger partial charge in [0.05, 0.1) is 43.0 Å². The smallest absolute Gasteiger partial charge is 0.259 e. The predicted octanol–water partition coefficient (Wildman–Crippen LogP) is 4.55. The fourth-order valence-electron chi connectivity index (χ4n) is 3.20. The van der Waals surface area contributed by atoms with Gasteiger partial charge in [-0.25, -0.2) is 4.68 Å².